The van der Waals surface area contributed by atoms with Gasteiger partial charge in [0.15, 0.2) is 0 Å². The number of aromatic nitrogens is 1. The smallest absolute Gasteiger partial charge is 0.352 e. The van der Waals surface area contributed by atoms with Gasteiger partial charge in [0.2, 0.25) is 10.0 Å². The number of amides is 1. The molecule has 10 heteroatoms. The van der Waals surface area contributed by atoms with Crippen molar-refractivity contribution in [3.8, 4) is 0 Å². The van der Waals surface area contributed by atoms with Gasteiger partial charge in [0.1, 0.15) is 23.2 Å². The second-order valence-electron chi connectivity index (χ2n) is 3.93. The molecule has 0 unspecified atom stereocenters. The highest BCUT2D eigenvalue weighted by molar-refractivity contribution is 7.89. The van der Waals surface area contributed by atoms with Crippen molar-refractivity contribution in [1.29, 1.82) is 0 Å². The number of aryl methyl sites for hydroxylation is 1. The number of nitrogens with zero attached hydrogens (tertiary/aromatic N) is 1. The number of carboxylic acid groups (broad SMARTS) is 1. The molecule has 104 valence electrons. The van der Waals surface area contributed by atoms with Crippen LogP contribution in [0.5, 0.6) is 0 Å². The lowest BCUT2D eigenvalue weighted by Crippen LogP contribution is -2.41. The SMILES string of the molecule is Cn1cc(S(=O)(=O)N[C@@H]2CONC2=O)cc1C(=O)O. The van der Waals surface area contributed by atoms with Crippen LogP contribution in [0.3, 0.4) is 0 Å². The zero-order valence-electron chi connectivity index (χ0n) is 9.78. The molecule has 1 fully saturated rings. The third-order valence-corrected chi connectivity index (χ3v) is 3.98. The monoisotopic (exact) mass is 289 g/mol. The van der Waals surface area contributed by atoms with Crippen LogP contribution in [0.2, 0.25) is 0 Å². The van der Waals surface area contributed by atoms with Crippen LogP contribution in [-0.2, 0) is 26.7 Å². The minimum absolute atomic E-state index is 0.128. The molecule has 9 nitrogen and oxygen atoms in total. The first-order valence-electron chi connectivity index (χ1n) is 5.15. The molecule has 0 bridgehead atoms. The van der Waals surface area contributed by atoms with Gasteiger partial charge in [-0.15, -0.1) is 0 Å². The van der Waals surface area contributed by atoms with E-state index in [0.717, 1.165) is 12.3 Å². The fraction of sp³-hybridized carbons (Fsp3) is 0.333. The standard InChI is InChI=1S/C9H11N3O6S/c1-12-3-5(2-7(12)9(14)15)19(16,17)11-6-4-18-10-8(6)13/h2-3,6,11H,4H2,1H3,(H,10,13)(H,14,15)/t6-/m1/s1. The predicted octanol–water partition coefficient (Wildman–Crippen LogP) is -1.57. The fourth-order valence-corrected chi connectivity index (χ4v) is 2.83. The number of hydrogen-bond donors (Lipinski definition) is 3. The predicted molar refractivity (Wildman–Crippen MR) is 60.6 cm³/mol. The van der Waals surface area contributed by atoms with Gasteiger partial charge in [-0.05, 0) is 6.07 Å². The van der Waals surface area contributed by atoms with Crippen LogP contribution in [0, 0.1) is 0 Å². The highest BCUT2D eigenvalue weighted by Gasteiger charge is 2.31. The topological polar surface area (TPSA) is 127 Å². The van der Waals surface area contributed by atoms with E-state index in [1.165, 1.54) is 11.6 Å². The summed E-state index contributed by atoms with van der Waals surface area (Å²) in [6.07, 6.45) is 1.15. The highest BCUT2D eigenvalue weighted by Crippen LogP contribution is 2.14. The number of hydroxylamine groups is 1. The van der Waals surface area contributed by atoms with Crippen LogP contribution < -0.4 is 10.2 Å². The molecule has 1 saturated heterocycles. The van der Waals surface area contributed by atoms with Gasteiger partial charge in [0.05, 0.1) is 0 Å². The van der Waals surface area contributed by atoms with Gasteiger partial charge in [-0.2, -0.15) is 4.72 Å². The molecule has 0 aromatic carbocycles. The summed E-state index contributed by atoms with van der Waals surface area (Å²) < 4.78 is 27.2. The Balaban J connectivity index is 2.27. The molecule has 1 aliphatic rings. The normalized spacial score (nSPS) is 19.4. The molecule has 3 N–H and O–H groups in total. The summed E-state index contributed by atoms with van der Waals surface area (Å²) in [4.78, 5) is 26.4. The number of nitrogens with one attached hydrogen (secondary N) is 2. The molecule has 1 amide bonds. The van der Waals surface area contributed by atoms with Crippen molar-refractivity contribution in [3.63, 3.8) is 0 Å². The molecule has 19 heavy (non-hydrogen) atoms. The van der Waals surface area contributed by atoms with Crippen LogP contribution in [0.4, 0.5) is 0 Å². The van der Waals surface area contributed by atoms with Gasteiger partial charge in [-0.3, -0.25) is 9.63 Å². The van der Waals surface area contributed by atoms with E-state index >= 15 is 0 Å². The highest BCUT2D eigenvalue weighted by atomic mass is 32.2. The molecule has 1 aliphatic heterocycles. The Morgan fingerprint density at radius 2 is 2.32 bits per heavy atom. The molecule has 1 atom stereocenters. The Labute approximate surface area is 108 Å². The quantitative estimate of drug-likeness (QED) is 0.614. The third-order valence-electron chi connectivity index (χ3n) is 2.55. The lowest BCUT2D eigenvalue weighted by Gasteiger charge is -2.07. The number of rotatable bonds is 4. The minimum atomic E-state index is -3.99. The van der Waals surface area contributed by atoms with Crippen molar-refractivity contribution in [3.05, 3.63) is 18.0 Å². The molecule has 1 aromatic rings. The summed E-state index contributed by atoms with van der Waals surface area (Å²) >= 11 is 0. The molecule has 1 aromatic heterocycles. The fourth-order valence-electron chi connectivity index (χ4n) is 1.58. The minimum Gasteiger partial charge on any atom is -0.477 e. The number of carbonyl (C=O) groups is 2. The molecule has 2 heterocycles. The zero-order valence-corrected chi connectivity index (χ0v) is 10.6. The van der Waals surface area contributed by atoms with E-state index in [1.807, 2.05) is 5.48 Å². The summed E-state index contributed by atoms with van der Waals surface area (Å²) in [5, 5.41) is 8.85. The first-order valence-corrected chi connectivity index (χ1v) is 6.63. The molecular weight excluding hydrogens is 278 g/mol. The van der Waals surface area contributed by atoms with Gasteiger partial charge >= 0.3 is 5.97 Å². The first kappa shape index (κ1) is 13.5. The van der Waals surface area contributed by atoms with E-state index in [9.17, 15) is 18.0 Å². The van der Waals surface area contributed by atoms with E-state index in [-0.39, 0.29) is 17.2 Å². The molecule has 0 spiro atoms. The maximum absolute atomic E-state index is 12.0. The summed E-state index contributed by atoms with van der Waals surface area (Å²) in [7, 11) is -2.58. The lowest BCUT2D eigenvalue weighted by atomic mass is 10.3. The maximum Gasteiger partial charge on any atom is 0.352 e. The van der Waals surface area contributed by atoms with Gasteiger partial charge in [0.25, 0.3) is 5.91 Å². The summed E-state index contributed by atoms with van der Waals surface area (Å²) in [6, 6.07) is -0.0169. The lowest BCUT2D eigenvalue weighted by molar-refractivity contribution is -0.124. The summed E-state index contributed by atoms with van der Waals surface area (Å²) in [6.45, 7) is -0.128. The van der Waals surface area contributed by atoms with Crippen molar-refractivity contribution in [1.82, 2.24) is 14.8 Å². The van der Waals surface area contributed by atoms with Crippen LogP contribution in [0.25, 0.3) is 0 Å². The number of hydrogen-bond acceptors (Lipinski definition) is 5. The number of carboxylic acids is 1. The first-order chi connectivity index (χ1) is 8.81. The van der Waals surface area contributed by atoms with E-state index in [2.05, 4.69) is 9.56 Å². The second-order valence-corrected chi connectivity index (χ2v) is 5.64. The van der Waals surface area contributed by atoms with Gasteiger partial charge in [-0.25, -0.2) is 18.7 Å². The van der Waals surface area contributed by atoms with Crippen LogP contribution >= 0.6 is 0 Å². The largest absolute Gasteiger partial charge is 0.477 e. The second kappa shape index (κ2) is 4.64. The Bertz CT molecular complexity index is 634. The zero-order chi connectivity index (χ0) is 14.2. The average Bonchev–Trinajstić information content (AvgIpc) is 2.86. The van der Waals surface area contributed by atoms with E-state index in [0.29, 0.717) is 0 Å². The van der Waals surface area contributed by atoms with E-state index < -0.39 is 27.9 Å². The van der Waals surface area contributed by atoms with Crippen molar-refractivity contribution >= 4 is 21.9 Å². The van der Waals surface area contributed by atoms with Crippen LogP contribution in [0.1, 0.15) is 10.5 Å². The van der Waals surface area contributed by atoms with E-state index in [4.69, 9.17) is 5.11 Å². The summed E-state index contributed by atoms with van der Waals surface area (Å²) in [5.74, 6) is -1.84. The van der Waals surface area contributed by atoms with Crippen molar-refractivity contribution < 1.29 is 28.0 Å². The Morgan fingerprint density at radius 1 is 1.63 bits per heavy atom. The number of carbonyl (C=O) groups excluding carboxylic acids is 1. The Morgan fingerprint density at radius 3 is 2.79 bits per heavy atom. The van der Waals surface area contributed by atoms with Crippen molar-refractivity contribution in [2.45, 2.75) is 10.9 Å². The van der Waals surface area contributed by atoms with Crippen molar-refractivity contribution in [2.75, 3.05) is 6.61 Å². The molecule has 0 aliphatic carbocycles. The van der Waals surface area contributed by atoms with Gasteiger partial charge in [0, 0.05) is 13.2 Å². The third kappa shape index (κ3) is 2.59. The number of aromatic carboxylic acids is 1. The Kier molecular flexibility index (Phi) is 3.30. The van der Waals surface area contributed by atoms with Gasteiger partial charge in [-0.1, -0.05) is 0 Å². The molecule has 2 rings (SSSR count). The Hall–Kier alpha value is -1.91. The van der Waals surface area contributed by atoms with E-state index in [1.54, 1.807) is 0 Å². The van der Waals surface area contributed by atoms with Gasteiger partial charge < -0.3 is 9.67 Å². The molecular formula is C9H11N3O6S. The maximum atomic E-state index is 12.0. The average molecular weight is 289 g/mol. The molecule has 0 saturated carbocycles. The molecule has 0 radical (unpaired) electrons. The van der Waals surface area contributed by atoms with Crippen LogP contribution in [-0.4, -0.2) is 42.6 Å². The number of sulfonamides is 1. The van der Waals surface area contributed by atoms with Crippen LogP contribution in [0.15, 0.2) is 17.2 Å². The van der Waals surface area contributed by atoms with Crippen molar-refractivity contribution in [2.24, 2.45) is 7.05 Å². The summed E-state index contributed by atoms with van der Waals surface area (Å²) in [5.41, 5.74) is 1.84.